The number of benzene rings is 1. The number of para-hydroxylation sites is 1. The molecule has 0 bridgehead atoms. The van der Waals surface area contributed by atoms with Crippen molar-refractivity contribution in [1.29, 1.82) is 0 Å². The molecule has 0 spiro atoms. The summed E-state index contributed by atoms with van der Waals surface area (Å²) in [6.07, 6.45) is 3.78. The highest BCUT2D eigenvalue weighted by Gasteiger charge is 2.36. The van der Waals surface area contributed by atoms with Crippen LogP contribution in [0.15, 0.2) is 42.7 Å². The van der Waals surface area contributed by atoms with Gasteiger partial charge in [-0.25, -0.2) is 4.68 Å². The average Bonchev–Trinajstić information content (AvgIpc) is 3.16. The monoisotopic (exact) mass is 298 g/mol. The van der Waals surface area contributed by atoms with E-state index in [0.29, 0.717) is 6.54 Å². The van der Waals surface area contributed by atoms with E-state index >= 15 is 0 Å². The van der Waals surface area contributed by atoms with E-state index in [9.17, 15) is 9.59 Å². The first-order valence-corrected chi connectivity index (χ1v) is 7.25. The minimum atomic E-state index is -0.414. The second kappa shape index (κ2) is 5.63. The van der Waals surface area contributed by atoms with Crippen molar-refractivity contribution in [2.75, 3.05) is 6.54 Å². The maximum Gasteiger partial charge on any atom is 0.223 e. The van der Waals surface area contributed by atoms with Gasteiger partial charge in [0, 0.05) is 30.9 Å². The topological polar surface area (TPSA) is 81.2 Å². The van der Waals surface area contributed by atoms with Crippen LogP contribution in [0.2, 0.25) is 0 Å². The summed E-state index contributed by atoms with van der Waals surface area (Å²) in [5, 5.41) is 4.26. The van der Waals surface area contributed by atoms with E-state index in [1.165, 1.54) is 0 Å². The number of nitrogens with two attached hydrogens (primary N) is 1. The highest BCUT2D eigenvalue weighted by Crippen LogP contribution is 2.31. The number of amides is 2. The second-order valence-electron chi connectivity index (χ2n) is 5.53. The van der Waals surface area contributed by atoms with E-state index in [2.05, 4.69) is 5.10 Å². The Morgan fingerprint density at radius 3 is 2.77 bits per heavy atom. The molecule has 22 heavy (non-hydrogen) atoms. The second-order valence-corrected chi connectivity index (χ2v) is 5.53. The van der Waals surface area contributed by atoms with Crippen molar-refractivity contribution in [3.63, 3.8) is 0 Å². The lowest BCUT2D eigenvalue weighted by atomic mass is 10.0. The van der Waals surface area contributed by atoms with Crippen molar-refractivity contribution in [3.05, 3.63) is 48.3 Å². The van der Waals surface area contributed by atoms with Crippen LogP contribution in [0.3, 0.4) is 0 Å². The summed E-state index contributed by atoms with van der Waals surface area (Å²) in [4.78, 5) is 25.3. The average molecular weight is 298 g/mol. The summed E-state index contributed by atoms with van der Waals surface area (Å²) in [7, 11) is 0. The Balaban J connectivity index is 1.92. The maximum absolute atomic E-state index is 12.2. The first-order valence-electron chi connectivity index (χ1n) is 7.25. The van der Waals surface area contributed by atoms with Crippen LogP contribution in [0.5, 0.6) is 0 Å². The molecule has 1 fully saturated rings. The van der Waals surface area contributed by atoms with Crippen LogP contribution in [-0.4, -0.2) is 33.0 Å². The molecule has 3 rings (SSSR count). The van der Waals surface area contributed by atoms with Gasteiger partial charge in [0.05, 0.1) is 17.6 Å². The summed E-state index contributed by atoms with van der Waals surface area (Å²) < 4.78 is 1.78. The van der Waals surface area contributed by atoms with E-state index < -0.39 is 11.8 Å². The molecular weight excluding hydrogens is 280 g/mol. The Morgan fingerprint density at radius 2 is 2.14 bits per heavy atom. The molecule has 0 saturated carbocycles. The summed E-state index contributed by atoms with van der Waals surface area (Å²) in [6.45, 7) is 2.34. The minimum Gasteiger partial charge on any atom is -0.369 e. The van der Waals surface area contributed by atoms with Crippen molar-refractivity contribution in [3.8, 4) is 5.69 Å². The fourth-order valence-corrected chi connectivity index (χ4v) is 2.93. The zero-order chi connectivity index (χ0) is 15.7. The number of hydrogen-bond donors (Lipinski definition) is 1. The van der Waals surface area contributed by atoms with Crippen molar-refractivity contribution in [2.45, 2.75) is 19.4 Å². The van der Waals surface area contributed by atoms with Crippen molar-refractivity contribution >= 4 is 11.8 Å². The molecular formula is C16H18N4O2. The highest BCUT2D eigenvalue weighted by molar-refractivity contribution is 5.88. The number of likely N-dealkylation sites (tertiary alicyclic amines) is 1. The number of nitrogens with zero attached hydrogens (tertiary/aromatic N) is 3. The number of carbonyl (C=O) groups excluding carboxylic acids is 2. The molecule has 1 aromatic carbocycles. The van der Waals surface area contributed by atoms with Crippen LogP contribution in [0.1, 0.15) is 24.9 Å². The number of hydrogen-bond acceptors (Lipinski definition) is 3. The van der Waals surface area contributed by atoms with Crippen LogP contribution in [0, 0.1) is 5.92 Å². The van der Waals surface area contributed by atoms with Gasteiger partial charge in [-0.2, -0.15) is 5.10 Å². The van der Waals surface area contributed by atoms with Crippen LogP contribution < -0.4 is 5.73 Å². The van der Waals surface area contributed by atoms with Crippen LogP contribution in [-0.2, 0) is 9.59 Å². The standard InChI is InChI=1S/C16H18N4O2/c1-11(19-10-12(16(17)22)9-15(19)21)13-5-2-3-6-14(13)20-8-4-7-18-20/h2-8,11-12H,9-10H2,1H3,(H2,17,22). The molecule has 0 aliphatic carbocycles. The van der Waals surface area contributed by atoms with Crippen molar-refractivity contribution in [1.82, 2.24) is 14.7 Å². The van der Waals surface area contributed by atoms with Gasteiger partial charge in [0.1, 0.15) is 0 Å². The Hall–Kier alpha value is -2.63. The van der Waals surface area contributed by atoms with E-state index in [1.54, 1.807) is 15.8 Å². The van der Waals surface area contributed by atoms with E-state index in [0.717, 1.165) is 11.3 Å². The lowest BCUT2D eigenvalue weighted by Crippen LogP contribution is -2.31. The predicted octanol–water partition coefficient (Wildman–Crippen LogP) is 1.27. The highest BCUT2D eigenvalue weighted by atomic mass is 16.2. The van der Waals surface area contributed by atoms with Crippen LogP contribution in [0.25, 0.3) is 5.69 Å². The third-order valence-electron chi connectivity index (χ3n) is 4.17. The Morgan fingerprint density at radius 1 is 1.36 bits per heavy atom. The molecule has 1 aromatic heterocycles. The number of carbonyl (C=O) groups is 2. The molecule has 1 saturated heterocycles. The number of aromatic nitrogens is 2. The molecule has 6 nitrogen and oxygen atoms in total. The van der Waals surface area contributed by atoms with Crippen molar-refractivity contribution in [2.24, 2.45) is 11.7 Å². The van der Waals surface area contributed by atoms with Gasteiger partial charge in [-0.3, -0.25) is 9.59 Å². The molecule has 2 aromatic rings. The van der Waals surface area contributed by atoms with Gasteiger partial charge in [-0.1, -0.05) is 18.2 Å². The summed E-state index contributed by atoms with van der Waals surface area (Å²) >= 11 is 0. The molecule has 1 aliphatic heterocycles. The fourth-order valence-electron chi connectivity index (χ4n) is 2.93. The van der Waals surface area contributed by atoms with Gasteiger partial charge in [-0.15, -0.1) is 0 Å². The van der Waals surface area contributed by atoms with Gasteiger partial charge in [0.25, 0.3) is 0 Å². The number of primary amides is 1. The molecule has 1 aliphatic rings. The predicted molar refractivity (Wildman–Crippen MR) is 81.0 cm³/mol. The van der Waals surface area contributed by atoms with E-state index in [-0.39, 0.29) is 18.4 Å². The Kier molecular flexibility index (Phi) is 3.66. The molecule has 6 heteroatoms. The molecule has 2 heterocycles. The van der Waals surface area contributed by atoms with Crippen LogP contribution >= 0.6 is 0 Å². The largest absolute Gasteiger partial charge is 0.369 e. The summed E-state index contributed by atoms with van der Waals surface area (Å²) in [5.41, 5.74) is 7.25. The summed E-state index contributed by atoms with van der Waals surface area (Å²) in [6, 6.07) is 9.52. The van der Waals surface area contributed by atoms with Crippen molar-refractivity contribution < 1.29 is 9.59 Å². The number of rotatable bonds is 4. The molecule has 114 valence electrons. The van der Waals surface area contributed by atoms with E-state index in [4.69, 9.17) is 5.73 Å². The lowest BCUT2D eigenvalue weighted by Gasteiger charge is -2.26. The molecule has 2 N–H and O–H groups in total. The molecule has 2 atom stereocenters. The van der Waals surface area contributed by atoms with Crippen LogP contribution in [0.4, 0.5) is 0 Å². The SMILES string of the molecule is CC(c1ccccc1-n1cccn1)N1CC(C(N)=O)CC1=O. The normalized spacial score (nSPS) is 19.4. The first-order chi connectivity index (χ1) is 10.6. The fraction of sp³-hybridized carbons (Fsp3) is 0.312. The molecule has 2 unspecified atom stereocenters. The molecule has 2 amide bonds. The third kappa shape index (κ3) is 2.47. The Bertz CT molecular complexity index is 696. The quantitative estimate of drug-likeness (QED) is 0.923. The van der Waals surface area contributed by atoms with Gasteiger partial charge in [0.15, 0.2) is 0 Å². The zero-order valence-electron chi connectivity index (χ0n) is 12.3. The van der Waals surface area contributed by atoms with Gasteiger partial charge in [0.2, 0.25) is 11.8 Å². The van der Waals surface area contributed by atoms with Gasteiger partial charge in [-0.05, 0) is 19.1 Å². The van der Waals surface area contributed by atoms with Gasteiger partial charge < -0.3 is 10.6 Å². The maximum atomic E-state index is 12.2. The smallest absolute Gasteiger partial charge is 0.223 e. The Labute approximate surface area is 128 Å². The minimum absolute atomic E-state index is 0.0356. The summed E-state index contributed by atoms with van der Waals surface area (Å²) in [5.74, 6) is -0.846. The van der Waals surface area contributed by atoms with E-state index in [1.807, 2.05) is 43.5 Å². The zero-order valence-corrected chi connectivity index (χ0v) is 12.3. The lowest BCUT2D eigenvalue weighted by molar-refractivity contribution is -0.130. The first kappa shape index (κ1) is 14.3. The molecule has 0 radical (unpaired) electrons. The third-order valence-corrected chi connectivity index (χ3v) is 4.17. The van der Waals surface area contributed by atoms with Gasteiger partial charge >= 0.3 is 0 Å².